The lowest BCUT2D eigenvalue weighted by Gasteiger charge is -2.33. The molecule has 0 aliphatic heterocycles. The molecule has 4 nitrogen and oxygen atoms in total. The summed E-state index contributed by atoms with van der Waals surface area (Å²) in [6, 6.07) is 15.8. The van der Waals surface area contributed by atoms with Gasteiger partial charge in [0.25, 0.3) is 0 Å². The Labute approximate surface area is 238 Å². The first kappa shape index (κ1) is 30.6. The number of pyridine rings is 1. The van der Waals surface area contributed by atoms with Gasteiger partial charge in [-0.3, -0.25) is 9.78 Å². The quantitative estimate of drug-likeness (QED) is 0.155. The molecule has 0 bridgehead atoms. The SMILES string of the molecule is CCCCCCCCCCCCCC[C@](Nc1cncc(-c2cc(Cl)ccc2F)c1)(C(N)=O)c1ccccc1. The summed E-state index contributed by atoms with van der Waals surface area (Å²) in [6.45, 7) is 2.25. The van der Waals surface area contributed by atoms with Crippen molar-refractivity contribution < 1.29 is 9.18 Å². The van der Waals surface area contributed by atoms with Crippen molar-refractivity contribution in [2.24, 2.45) is 5.73 Å². The minimum absolute atomic E-state index is 0.351. The monoisotopic (exact) mass is 551 g/mol. The van der Waals surface area contributed by atoms with Gasteiger partial charge in [-0.1, -0.05) is 126 Å². The maximum atomic E-state index is 14.5. The largest absolute Gasteiger partial charge is 0.367 e. The van der Waals surface area contributed by atoms with Gasteiger partial charge in [0.15, 0.2) is 0 Å². The van der Waals surface area contributed by atoms with Crippen LogP contribution in [0.15, 0.2) is 67.0 Å². The molecular weight excluding hydrogens is 509 g/mol. The number of hydrogen-bond acceptors (Lipinski definition) is 3. The summed E-state index contributed by atoms with van der Waals surface area (Å²) < 4.78 is 14.5. The van der Waals surface area contributed by atoms with E-state index in [0.717, 1.165) is 24.8 Å². The summed E-state index contributed by atoms with van der Waals surface area (Å²) in [6.07, 6.45) is 18.7. The zero-order chi connectivity index (χ0) is 27.9. The molecule has 6 heteroatoms. The zero-order valence-electron chi connectivity index (χ0n) is 23.2. The molecule has 1 heterocycles. The number of halogens is 2. The third kappa shape index (κ3) is 9.35. The average molecular weight is 552 g/mol. The minimum atomic E-state index is -1.10. The number of nitrogens with two attached hydrogens (primary N) is 1. The van der Waals surface area contributed by atoms with Crippen molar-refractivity contribution in [1.29, 1.82) is 0 Å². The lowest BCUT2D eigenvalue weighted by molar-refractivity contribution is -0.122. The second-order valence-electron chi connectivity index (χ2n) is 10.5. The lowest BCUT2D eigenvalue weighted by atomic mass is 9.83. The fourth-order valence-electron chi connectivity index (χ4n) is 5.18. The Bertz CT molecular complexity index is 1160. The molecule has 0 aliphatic rings. The van der Waals surface area contributed by atoms with Crippen molar-refractivity contribution in [1.82, 2.24) is 4.98 Å². The van der Waals surface area contributed by atoms with Crippen LogP contribution in [0.3, 0.4) is 0 Å². The topological polar surface area (TPSA) is 68.0 Å². The van der Waals surface area contributed by atoms with Gasteiger partial charge in [-0.2, -0.15) is 0 Å². The number of rotatable bonds is 18. The number of nitrogens with zero attached hydrogens (tertiary/aromatic N) is 1. The highest BCUT2D eigenvalue weighted by atomic mass is 35.5. The highest BCUT2D eigenvalue weighted by Gasteiger charge is 2.38. The van der Waals surface area contributed by atoms with E-state index >= 15 is 0 Å². The molecule has 0 unspecified atom stereocenters. The molecule has 0 saturated heterocycles. The molecule has 3 aromatic rings. The zero-order valence-corrected chi connectivity index (χ0v) is 24.0. The van der Waals surface area contributed by atoms with Gasteiger partial charge in [0, 0.05) is 22.3 Å². The Morgan fingerprint density at radius 2 is 1.49 bits per heavy atom. The predicted molar refractivity (Wildman–Crippen MR) is 161 cm³/mol. The van der Waals surface area contributed by atoms with E-state index in [4.69, 9.17) is 17.3 Å². The molecule has 1 atom stereocenters. The van der Waals surface area contributed by atoms with Crippen LogP contribution in [0, 0.1) is 5.82 Å². The van der Waals surface area contributed by atoms with E-state index in [2.05, 4.69) is 17.2 Å². The Hall–Kier alpha value is -2.92. The van der Waals surface area contributed by atoms with Gasteiger partial charge in [0.1, 0.15) is 11.4 Å². The van der Waals surface area contributed by atoms with Crippen molar-refractivity contribution in [2.45, 2.75) is 95.9 Å². The Kier molecular flexibility index (Phi) is 12.8. The van der Waals surface area contributed by atoms with Gasteiger partial charge in [0.2, 0.25) is 5.91 Å². The number of amides is 1. The molecule has 0 radical (unpaired) electrons. The molecule has 1 amide bonds. The Morgan fingerprint density at radius 1 is 0.872 bits per heavy atom. The molecule has 0 saturated carbocycles. The van der Waals surface area contributed by atoms with Crippen LogP contribution in [0.25, 0.3) is 11.1 Å². The van der Waals surface area contributed by atoms with Gasteiger partial charge in [-0.05, 0) is 36.2 Å². The number of unbranched alkanes of at least 4 members (excludes halogenated alkanes) is 11. The van der Waals surface area contributed by atoms with E-state index < -0.39 is 11.4 Å². The summed E-state index contributed by atoms with van der Waals surface area (Å²) in [5.74, 6) is -0.838. The van der Waals surface area contributed by atoms with Crippen molar-refractivity contribution in [3.05, 3.63) is 83.4 Å². The first-order chi connectivity index (χ1) is 19.0. The van der Waals surface area contributed by atoms with Crippen molar-refractivity contribution in [2.75, 3.05) is 5.32 Å². The molecule has 2 aromatic carbocycles. The first-order valence-corrected chi connectivity index (χ1v) is 14.9. The third-order valence-electron chi connectivity index (χ3n) is 7.43. The molecule has 3 N–H and O–H groups in total. The van der Waals surface area contributed by atoms with Gasteiger partial charge in [-0.15, -0.1) is 0 Å². The van der Waals surface area contributed by atoms with Crippen LogP contribution in [0.1, 0.15) is 96.0 Å². The standard InChI is InChI=1S/C33H43ClFN3O/c1-2-3-4-5-6-7-8-9-10-11-12-16-21-33(32(36)39,27-17-14-13-15-18-27)38-29-22-26(24-37-25-29)30-23-28(34)19-20-31(30)35/h13-15,17-20,22-25,38H,2-12,16,21H2,1H3,(H2,36,39)/t33-/m1/s1. The normalized spacial score (nSPS) is 12.7. The predicted octanol–water partition coefficient (Wildman–Crippen LogP) is 9.43. The van der Waals surface area contributed by atoms with Crippen LogP contribution in [0.2, 0.25) is 5.02 Å². The maximum Gasteiger partial charge on any atom is 0.247 e. The smallest absolute Gasteiger partial charge is 0.247 e. The van der Waals surface area contributed by atoms with Crippen LogP contribution in [0.4, 0.5) is 10.1 Å². The number of carbonyl (C=O) groups is 1. The van der Waals surface area contributed by atoms with E-state index in [0.29, 0.717) is 28.3 Å². The van der Waals surface area contributed by atoms with Gasteiger partial charge in [-0.25, -0.2) is 4.39 Å². The second kappa shape index (κ2) is 16.2. The number of carbonyl (C=O) groups excluding carboxylic acids is 1. The highest BCUT2D eigenvalue weighted by molar-refractivity contribution is 6.30. The summed E-state index contributed by atoms with van der Waals surface area (Å²) in [4.78, 5) is 17.4. The van der Waals surface area contributed by atoms with E-state index in [9.17, 15) is 9.18 Å². The molecule has 3 rings (SSSR count). The Morgan fingerprint density at radius 3 is 2.10 bits per heavy atom. The molecule has 0 fully saturated rings. The summed E-state index contributed by atoms with van der Waals surface area (Å²) in [5.41, 5.74) is 7.29. The first-order valence-electron chi connectivity index (χ1n) is 14.5. The van der Waals surface area contributed by atoms with E-state index in [1.807, 2.05) is 30.3 Å². The third-order valence-corrected chi connectivity index (χ3v) is 7.66. The molecule has 0 spiro atoms. The average Bonchev–Trinajstić information content (AvgIpc) is 2.94. The summed E-state index contributed by atoms with van der Waals surface area (Å²) >= 11 is 6.11. The molecule has 39 heavy (non-hydrogen) atoms. The lowest BCUT2D eigenvalue weighted by Crippen LogP contribution is -2.47. The number of hydrogen-bond donors (Lipinski definition) is 2. The molecular formula is C33H43ClFN3O. The maximum absolute atomic E-state index is 14.5. The number of nitrogens with one attached hydrogen (secondary N) is 1. The molecule has 1 aromatic heterocycles. The molecule has 0 aliphatic carbocycles. The van der Waals surface area contributed by atoms with Crippen molar-refractivity contribution in [3.63, 3.8) is 0 Å². The second-order valence-corrected chi connectivity index (χ2v) is 10.9. The van der Waals surface area contributed by atoms with Crippen LogP contribution >= 0.6 is 11.6 Å². The van der Waals surface area contributed by atoms with Crippen LogP contribution in [-0.4, -0.2) is 10.9 Å². The molecule has 210 valence electrons. The fourth-order valence-corrected chi connectivity index (χ4v) is 5.35. The van der Waals surface area contributed by atoms with Crippen molar-refractivity contribution >= 4 is 23.2 Å². The van der Waals surface area contributed by atoms with E-state index in [1.54, 1.807) is 24.5 Å². The van der Waals surface area contributed by atoms with E-state index in [-0.39, 0.29) is 5.82 Å². The number of anilines is 1. The van der Waals surface area contributed by atoms with Crippen molar-refractivity contribution in [3.8, 4) is 11.1 Å². The van der Waals surface area contributed by atoms with Gasteiger partial charge >= 0.3 is 0 Å². The minimum Gasteiger partial charge on any atom is -0.367 e. The summed E-state index contributed by atoms with van der Waals surface area (Å²) in [5, 5.41) is 3.84. The van der Waals surface area contributed by atoms with Crippen LogP contribution in [0.5, 0.6) is 0 Å². The van der Waals surface area contributed by atoms with Gasteiger partial charge in [0.05, 0.1) is 11.9 Å². The fraction of sp³-hybridized carbons (Fsp3) is 0.455. The summed E-state index contributed by atoms with van der Waals surface area (Å²) in [7, 11) is 0. The van der Waals surface area contributed by atoms with Crippen LogP contribution < -0.4 is 11.1 Å². The number of primary amides is 1. The Balaban J connectivity index is 1.64. The van der Waals surface area contributed by atoms with Gasteiger partial charge < -0.3 is 11.1 Å². The highest BCUT2D eigenvalue weighted by Crippen LogP contribution is 2.34. The van der Waals surface area contributed by atoms with Crippen LogP contribution in [-0.2, 0) is 10.3 Å². The number of aromatic nitrogens is 1. The van der Waals surface area contributed by atoms with E-state index in [1.165, 1.54) is 69.9 Å². The number of benzene rings is 2.